The summed E-state index contributed by atoms with van der Waals surface area (Å²) in [4.78, 5) is 15.4. The summed E-state index contributed by atoms with van der Waals surface area (Å²) in [5, 5.41) is 3.07. The lowest BCUT2D eigenvalue weighted by atomic mass is 10.1. The van der Waals surface area contributed by atoms with Gasteiger partial charge in [-0.2, -0.15) is 0 Å². The second-order valence-electron chi connectivity index (χ2n) is 3.41. The highest BCUT2D eigenvalue weighted by atomic mass is 35.5. The number of hydrogen-bond donors (Lipinski definition) is 2. The molecule has 2 rings (SSSR count). The molecule has 78 valence electrons. The van der Waals surface area contributed by atoms with Crippen LogP contribution >= 0.6 is 11.6 Å². The predicted octanol–water partition coefficient (Wildman–Crippen LogP) is 1.13. The first-order chi connectivity index (χ1) is 7.08. The Balaban J connectivity index is 2.38. The fourth-order valence-electron chi connectivity index (χ4n) is 1.43. The largest absolute Gasteiger partial charge is 0.370 e. The van der Waals surface area contributed by atoms with Crippen molar-refractivity contribution < 1.29 is 4.79 Å². The lowest BCUT2D eigenvalue weighted by molar-refractivity contribution is -0.120. The molecule has 0 aromatic heterocycles. The van der Waals surface area contributed by atoms with Crippen molar-refractivity contribution in [1.29, 1.82) is 0 Å². The molecular formula is C10H10ClN3O. The number of carbonyl (C=O) groups is 1. The van der Waals surface area contributed by atoms with Crippen LogP contribution < -0.4 is 11.1 Å². The molecule has 0 bridgehead atoms. The van der Waals surface area contributed by atoms with Gasteiger partial charge in [0.2, 0.25) is 0 Å². The molecule has 4 nitrogen and oxygen atoms in total. The van der Waals surface area contributed by atoms with Crippen molar-refractivity contribution in [3.05, 3.63) is 34.3 Å². The van der Waals surface area contributed by atoms with Crippen molar-refractivity contribution >= 4 is 23.5 Å². The second kappa shape index (κ2) is 3.55. The van der Waals surface area contributed by atoms with Gasteiger partial charge in [0.25, 0.3) is 5.91 Å². The molecule has 1 amide bonds. The first-order valence-electron chi connectivity index (χ1n) is 4.48. The van der Waals surface area contributed by atoms with Crippen LogP contribution in [0.3, 0.4) is 0 Å². The molecule has 1 heterocycles. The molecule has 1 aromatic rings. The number of rotatable bonds is 1. The van der Waals surface area contributed by atoms with Crippen molar-refractivity contribution in [3.8, 4) is 0 Å². The Morgan fingerprint density at radius 3 is 2.80 bits per heavy atom. The Morgan fingerprint density at radius 1 is 1.53 bits per heavy atom. The summed E-state index contributed by atoms with van der Waals surface area (Å²) in [7, 11) is 0. The summed E-state index contributed by atoms with van der Waals surface area (Å²) in [6.07, 6.45) is 0. The van der Waals surface area contributed by atoms with Gasteiger partial charge in [0.15, 0.2) is 12.0 Å². The topological polar surface area (TPSA) is 67.5 Å². The fourth-order valence-corrected chi connectivity index (χ4v) is 1.62. The Hall–Kier alpha value is -1.55. The predicted molar refractivity (Wildman–Crippen MR) is 58.7 cm³/mol. The summed E-state index contributed by atoms with van der Waals surface area (Å²) in [5.41, 5.74) is 7.13. The van der Waals surface area contributed by atoms with Crippen LogP contribution in [0, 0.1) is 6.92 Å². The molecule has 15 heavy (non-hydrogen) atoms. The third-order valence-corrected chi connectivity index (χ3v) is 2.69. The highest BCUT2D eigenvalue weighted by Gasteiger charge is 2.26. The van der Waals surface area contributed by atoms with Crippen LogP contribution in [0.5, 0.6) is 0 Å². The van der Waals surface area contributed by atoms with Crippen molar-refractivity contribution in [1.82, 2.24) is 5.32 Å². The Labute approximate surface area is 92.1 Å². The highest BCUT2D eigenvalue weighted by molar-refractivity contribution is 6.31. The van der Waals surface area contributed by atoms with E-state index in [1.807, 2.05) is 19.1 Å². The standard InChI is InChI=1S/C10H10ClN3O/c1-5-2-3-6(4-7(5)11)8-9(15)14-10(12)13-8/h2-4,8H,1H3,(H3,12,13,14,15). The molecule has 1 unspecified atom stereocenters. The molecule has 0 saturated heterocycles. The number of halogens is 1. The molecule has 1 atom stereocenters. The maximum atomic E-state index is 11.4. The van der Waals surface area contributed by atoms with Crippen LogP contribution in [0.2, 0.25) is 5.02 Å². The maximum Gasteiger partial charge on any atom is 0.256 e. The van der Waals surface area contributed by atoms with Gasteiger partial charge >= 0.3 is 0 Å². The Bertz CT molecular complexity index is 456. The SMILES string of the molecule is Cc1ccc(C2N=C(N)NC2=O)cc1Cl. The quantitative estimate of drug-likeness (QED) is 0.750. The molecule has 5 heteroatoms. The molecule has 0 aliphatic carbocycles. The van der Waals surface area contributed by atoms with E-state index in [0.29, 0.717) is 5.02 Å². The monoisotopic (exact) mass is 223 g/mol. The molecule has 1 aromatic carbocycles. The number of nitrogens with one attached hydrogen (secondary N) is 1. The van der Waals surface area contributed by atoms with E-state index in [-0.39, 0.29) is 11.9 Å². The van der Waals surface area contributed by atoms with E-state index in [0.717, 1.165) is 11.1 Å². The molecule has 3 N–H and O–H groups in total. The number of carbonyl (C=O) groups excluding carboxylic acids is 1. The minimum Gasteiger partial charge on any atom is -0.370 e. The highest BCUT2D eigenvalue weighted by Crippen LogP contribution is 2.25. The molecular weight excluding hydrogens is 214 g/mol. The number of aliphatic imine (C=N–C) groups is 1. The minimum absolute atomic E-state index is 0.154. The zero-order chi connectivity index (χ0) is 11.0. The second-order valence-corrected chi connectivity index (χ2v) is 3.82. The Morgan fingerprint density at radius 2 is 2.27 bits per heavy atom. The number of aryl methyl sites for hydroxylation is 1. The van der Waals surface area contributed by atoms with Crippen LogP contribution in [0.4, 0.5) is 0 Å². The fraction of sp³-hybridized carbons (Fsp3) is 0.200. The number of nitrogens with two attached hydrogens (primary N) is 1. The van der Waals surface area contributed by atoms with Crippen LogP contribution in [-0.4, -0.2) is 11.9 Å². The van der Waals surface area contributed by atoms with E-state index in [1.165, 1.54) is 0 Å². The van der Waals surface area contributed by atoms with E-state index in [1.54, 1.807) is 6.07 Å². The first kappa shape index (κ1) is 9.98. The van der Waals surface area contributed by atoms with Gasteiger partial charge in [0.05, 0.1) is 0 Å². The molecule has 0 radical (unpaired) electrons. The minimum atomic E-state index is -0.567. The van der Waals surface area contributed by atoms with Crippen LogP contribution in [0.1, 0.15) is 17.2 Å². The summed E-state index contributed by atoms with van der Waals surface area (Å²) in [6.45, 7) is 1.90. The average Bonchev–Trinajstić information content (AvgIpc) is 2.50. The lowest BCUT2D eigenvalue weighted by Crippen LogP contribution is -2.31. The molecule has 0 fully saturated rings. The van der Waals surface area contributed by atoms with E-state index >= 15 is 0 Å². The van der Waals surface area contributed by atoms with E-state index < -0.39 is 6.04 Å². The van der Waals surface area contributed by atoms with Gasteiger partial charge in [0.1, 0.15) is 0 Å². The third kappa shape index (κ3) is 1.80. The molecule has 1 aliphatic heterocycles. The molecule has 0 saturated carbocycles. The molecule has 1 aliphatic rings. The van der Waals surface area contributed by atoms with Gasteiger partial charge in [0, 0.05) is 5.02 Å². The summed E-state index contributed by atoms with van der Waals surface area (Å²) >= 11 is 5.96. The van der Waals surface area contributed by atoms with E-state index in [2.05, 4.69) is 10.3 Å². The normalized spacial score (nSPS) is 20.0. The zero-order valence-electron chi connectivity index (χ0n) is 8.12. The average molecular weight is 224 g/mol. The molecule has 0 spiro atoms. The van der Waals surface area contributed by atoms with E-state index in [9.17, 15) is 4.79 Å². The van der Waals surface area contributed by atoms with Crippen LogP contribution in [-0.2, 0) is 4.79 Å². The van der Waals surface area contributed by atoms with Gasteiger partial charge < -0.3 is 5.73 Å². The lowest BCUT2D eigenvalue weighted by Gasteiger charge is -2.06. The Kier molecular flexibility index (Phi) is 2.36. The summed E-state index contributed by atoms with van der Waals surface area (Å²) in [6, 6.07) is 4.86. The van der Waals surface area contributed by atoms with Gasteiger partial charge in [-0.25, -0.2) is 4.99 Å². The number of hydrogen-bond acceptors (Lipinski definition) is 3. The van der Waals surface area contributed by atoms with Crippen LogP contribution in [0.15, 0.2) is 23.2 Å². The van der Waals surface area contributed by atoms with Gasteiger partial charge in [-0.15, -0.1) is 0 Å². The van der Waals surface area contributed by atoms with Crippen molar-refractivity contribution in [2.24, 2.45) is 10.7 Å². The van der Waals surface area contributed by atoms with Crippen molar-refractivity contribution in [2.75, 3.05) is 0 Å². The number of nitrogens with zero attached hydrogens (tertiary/aromatic N) is 1. The van der Waals surface area contributed by atoms with Gasteiger partial charge in [-0.05, 0) is 24.1 Å². The summed E-state index contributed by atoms with van der Waals surface area (Å²) in [5.74, 6) is -0.0610. The third-order valence-electron chi connectivity index (χ3n) is 2.28. The first-order valence-corrected chi connectivity index (χ1v) is 4.86. The van der Waals surface area contributed by atoms with E-state index in [4.69, 9.17) is 17.3 Å². The van der Waals surface area contributed by atoms with Crippen molar-refractivity contribution in [2.45, 2.75) is 13.0 Å². The number of benzene rings is 1. The van der Waals surface area contributed by atoms with Gasteiger partial charge in [-0.1, -0.05) is 23.7 Å². The van der Waals surface area contributed by atoms with Gasteiger partial charge in [-0.3, -0.25) is 10.1 Å². The zero-order valence-corrected chi connectivity index (χ0v) is 8.88. The van der Waals surface area contributed by atoms with Crippen molar-refractivity contribution in [3.63, 3.8) is 0 Å². The smallest absolute Gasteiger partial charge is 0.256 e. The maximum absolute atomic E-state index is 11.4. The number of guanidine groups is 1. The number of amides is 1. The van der Waals surface area contributed by atoms with Crippen LogP contribution in [0.25, 0.3) is 0 Å². The summed E-state index contributed by atoms with van der Waals surface area (Å²) < 4.78 is 0.